The quantitative estimate of drug-likeness (QED) is 0.190. The molecule has 1 aromatic carbocycles. The number of hydrogen-bond donors (Lipinski definition) is 4. The van der Waals surface area contributed by atoms with E-state index in [0.717, 1.165) is 12.8 Å². The summed E-state index contributed by atoms with van der Waals surface area (Å²) in [6.07, 6.45) is 0.541. The first-order valence-electron chi connectivity index (χ1n) is 13.1. The number of benzene rings is 1. The molecule has 2 unspecified atom stereocenters. The maximum Gasteiger partial charge on any atom is 0.408 e. The highest BCUT2D eigenvalue weighted by Gasteiger charge is 2.37. The van der Waals surface area contributed by atoms with E-state index in [4.69, 9.17) is 15.2 Å². The van der Waals surface area contributed by atoms with E-state index >= 15 is 0 Å². The predicted octanol–water partition coefficient (Wildman–Crippen LogP) is 2.29. The molecule has 0 aliphatic rings. The summed E-state index contributed by atoms with van der Waals surface area (Å²) in [5.41, 5.74) is 4.81. The molecule has 4 amide bonds. The predicted molar refractivity (Wildman–Crippen MR) is 143 cm³/mol. The van der Waals surface area contributed by atoms with Gasteiger partial charge in [-0.05, 0) is 51.8 Å². The molecule has 0 saturated heterocycles. The Morgan fingerprint density at radius 2 is 1.79 bits per heavy atom. The third-order valence-electron chi connectivity index (χ3n) is 5.36. The van der Waals surface area contributed by atoms with Crippen molar-refractivity contribution in [3.8, 4) is 5.75 Å². The lowest BCUT2D eigenvalue weighted by Gasteiger charge is -2.34. The molecule has 0 fully saturated rings. The van der Waals surface area contributed by atoms with E-state index in [2.05, 4.69) is 10.6 Å². The number of rotatable bonds is 15. The number of phenols is 1. The smallest absolute Gasteiger partial charge is 0.408 e. The maximum atomic E-state index is 13.9. The van der Waals surface area contributed by atoms with E-state index in [1.807, 2.05) is 6.92 Å². The number of alkyl carbamates (subject to hydrolysis) is 1. The van der Waals surface area contributed by atoms with E-state index in [-0.39, 0.29) is 31.9 Å². The molecule has 2 atom stereocenters. The standard InChI is InChI=1S/C27H42N4O8/c1-6-8-9-15-31(25(36)20(17-21(28)33)30-26(37)39-27(3,4)5)23(18-11-10-12-19(32)16-18)24(35)29-14-13-22(34)38-7-2/h10-12,16,20,23,32H,6-9,13-15,17H2,1-5H3,(H2,28,33)(H,29,35)(H,30,37). The number of nitrogens with one attached hydrogen (secondary N) is 2. The molecule has 0 bridgehead atoms. The van der Waals surface area contributed by atoms with Gasteiger partial charge in [0.05, 0.1) is 19.4 Å². The van der Waals surface area contributed by atoms with Crippen LogP contribution in [0.4, 0.5) is 4.79 Å². The van der Waals surface area contributed by atoms with Crippen molar-refractivity contribution in [2.75, 3.05) is 19.7 Å². The molecule has 1 rings (SSSR count). The van der Waals surface area contributed by atoms with Crippen LogP contribution in [0.25, 0.3) is 0 Å². The Morgan fingerprint density at radius 3 is 2.36 bits per heavy atom. The molecule has 5 N–H and O–H groups in total. The second-order valence-corrected chi connectivity index (χ2v) is 9.95. The molecule has 1 aromatic rings. The Morgan fingerprint density at radius 1 is 1.10 bits per heavy atom. The second-order valence-electron chi connectivity index (χ2n) is 9.95. The fourth-order valence-electron chi connectivity index (χ4n) is 3.74. The lowest BCUT2D eigenvalue weighted by atomic mass is 10.0. The van der Waals surface area contributed by atoms with Gasteiger partial charge in [0.2, 0.25) is 17.7 Å². The zero-order valence-electron chi connectivity index (χ0n) is 23.5. The number of phenolic OH excluding ortho intramolecular Hbond substituents is 1. The third kappa shape index (κ3) is 12.5. The van der Waals surface area contributed by atoms with Crippen LogP contribution in [0.2, 0.25) is 0 Å². The zero-order chi connectivity index (χ0) is 29.6. The minimum Gasteiger partial charge on any atom is -0.508 e. The van der Waals surface area contributed by atoms with Crippen LogP contribution >= 0.6 is 0 Å². The maximum absolute atomic E-state index is 13.9. The van der Waals surface area contributed by atoms with Gasteiger partial charge in [0.1, 0.15) is 23.4 Å². The summed E-state index contributed by atoms with van der Waals surface area (Å²) in [6, 6.07) is 3.20. The fourth-order valence-corrected chi connectivity index (χ4v) is 3.74. The Bertz CT molecular complexity index is 992. The molecule has 0 aromatic heterocycles. The van der Waals surface area contributed by atoms with Crippen LogP contribution in [0.15, 0.2) is 24.3 Å². The molecule has 12 nitrogen and oxygen atoms in total. The van der Waals surface area contributed by atoms with Crippen LogP contribution in [-0.4, -0.2) is 71.1 Å². The summed E-state index contributed by atoms with van der Waals surface area (Å²) < 4.78 is 10.1. The summed E-state index contributed by atoms with van der Waals surface area (Å²) >= 11 is 0. The number of unbranched alkanes of at least 4 members (excludes halogenated alkanes) is 2. The zero-order valence-corrected chi connectivity index (χ0v) is 23.5. The summed E-state index contributed by atoms with van der Waals surface area (Å²) in [6.45, 7) is 8.83. The van der Waals surface area contributed by atoms with Crippen molar-refractivity contribution >= 4 is 29.8 Å². The van der Waals surface area contributed by atoms with Crippen molar-refractivity contribution in [3.05, 3.63) is 29.8 Å². The van der Waals surface area contributed by atoms with E-state index < -0.39 is 53.9 Å². The van der Waals surface area contributed by atoms with Gasteiger partial charge in [-0.25, -0.2) is 4.79 Å². The molecule has 0 radical (unpaired) electrons. The summed E-state index contributed by atoms with van der Waals surface area (Å²) in [5, 5.41) is 15.2. The van der Waals surface area contributed by atoms with Crippen LogP contribution in [0.3, 0.4) is 0 Å². The van der Waals surface area contributed by atoms with Gasteiger partial charge in [-0.2, -0.15) is 0 Å². The first kappa shape index (κ1) is 33.2. The average molecular weight is 551 g/mol. The number of esters is 1. The van der Waals surface area contributed by atoms with Crippen molar-refractivity contribution in [2.24, 2.45) is 5.73 Å². The molecule has 12 heteroatoms. The van der Waals surface area contributed by atoms with Gasteiger partial charge >= 0.3 is 12.1 Å². The van der Waals surface area contributed by atoms with Crippen molar-refractivity contribution < 1.29 is 38.6 Å². The number of carbonyl (C=O) groups excluding carboxylic acids is 5. The molecule has 0 aliphatic carbocycles. The average Bonchev–Trinajstić information content (AvgIpc) is 2.81. The number of nitrogens with zero attached hydrogens (tertiary/aromatic N) is 1. The Hall–Kier alpha value is -3.83. The van der Waals surface area contributed by atoms with Crippen LogP contribution < -0.4 is 16.4 Å². The van der Waals surface area contributed by atoms with Gasteiger partial charge in [-0.1, -0.05) is 31.9 Å². The Labute approximate surface area is 229 Å². The number of primary amides is 1. The van der Waals surface area contributed by atoms with E-state index in [1.54, 1.807) is 33.8 Å². The SMILES string of the molecule is CCCCCN(C(=O)C(CC(N)=O)NC(=O)OC(C)(C)C)C(C(=O)NCCC(=O)OCC)c1cccc(O)c1. The molecular formula is C27H42N4O8. The van der Waals surface area contributed by atoms with E-state index in [1.165, 1.54) is 23.1 Å². The summed E-state index contributed by atoms with van der Waals surface area (Å²) in [4.78, 5) is 64.7. The van der Waals surface area contributed by atoms with Gasteiger partial charge in [-0.15, -0.1) is 0 Å². The van der Waals surface area contributed by atoms with Gasteiger partial charge < -0.3 is 35.8 Å². The molecule has 39 heavy (non-hydrogen) atoms. The third-order valence-corrected chi connectivity index (χ3v) is 5.36. The topological polar surface area (TPSA) is 177 Å². The number of amides is 4. The largest absolute Gasteiger partial charge is 0.508 e. The lowest BCUT2D eigenvalue weighted by molar-refractivity contribution is -0.144. The van der Waals surface area contributed by atoms with Gasteiger partial charge in [0, 0.05) is 13.1 Å². The highest BCUT2D eigenvalue weighted by molar-refractivity contribution is 5.94. The fraction of sp³-hybridized carbons (Fsp3) is 0.593. The normalized spacial score (nSPS) is 12.5. The number of carbonyl (C=O) groups is 5. The number of aromatic hydroxyl groups is 1. The van der Waals surface area contributed by atoms with Gasteiger partial charge in [0.25, 0.3) is 0 Å². The van der Waals surface area contributed by atoms with Crippen LogP contribution in [0, 0.1) is 0 Å². The molecule has 0 saturated carbocycles. The van der Waals surface area contributed by atoms with Gasteiger partial charge in [-0.3, -0.25) is 19.2 Å². The Kier molecular flexibility index (Phi) is 13.8. The highest BCUT2D eigenvalue weighted by atomic mass is 16.6. The van der Waals surface area contributed by atoms with Crippen LogP contribution in [0.5, 0.6) is 5.75 Å². The number of nitrogens with two attached hydrogens (primary N) is 1. The molecule has 218 valence electrons. The molecular weight excluding hydrogens is 508 g/mol. The van der Waals surface area contributed by atoms with E-state index in [9.17, 15) is 29.1 Å². The van der Waals surface area contributed by atoms with Crippen LogP contribution in [-0.2, 0) is 28.7 Å². The number of hydrogen-bond acceptors (Lipinski definition) is 8. The molecule has 0 spiro atoms. The highest BCUT2D eigenvalue weighted by Crippen LogP contribution is 2.26. The molecule has 0 heterocycles. The monoisotopic (exact) mass is 550 g/mol. The van der Waals surface area contributed by atoms with Gasteiger partial charge in [0.15, 0.2) is 0 Å². The van der Waals surface area contributed by atoms with Crippen molar-refractivity contribution in [3.63, 3.8) is 0 Å². The van der Waals surface area contributed by atoms with Crippen molar-refractivity contribution in [1.82, 2.24) is 15.5 Å². The second kappa shape index (κ2) is 16.2. The minimum absolute atomic E-state index is 0.0507. The van der Waals surface area contributed by atoms with Crippen molar-refractivity contribution in [2.45, 2.75) is 84.4 Å². The summed E-state index contributed by atoms with van der Waals surface area (Å²) in [5.74, 6) is -2.82. The number of ether oxygens (including phenoxy) is 2. The van der Waals surface area contributed by atoms with E-state index in [0.29, 0.717) is 12.0 Å². The summed E-state index contributed by atoms with van der Waals surface area (Å²) in [7, 11) is 0. The van der Waals surface area contributed by atoms with Crippen molar-refractivity contribution in [1.29, 1.82) is 0 Å². The molecule has 0 aliphatic heterocycles. The first-order valence-corrected chi connectivity index (χ1v) is 13.1. The first-order chi connectivity index (χ1) is 18.3. The van der Waals surface area contributed by atoms with Crippen LogP contribution in [0.1, 0.15) is 78.3 Å². The Balaban J connectivity index is 3.43. The lowest BCUT2D eigenvalue weighted by Crippen LogP contribution is -2.54. The minimum atomic E-state index is -1.41.